The Hall–Kier alpha value is -0.780. The van der Waals surface area contributed by atoms with Gasteiger partial charge in [-0.1, -0.05) is 24.3 Å². The number of carbonyl (C=O) groups excluding carboxylic acids is 2. The van der Waals surface area contributed by atoms with Gasteiger partial charge in [-0.05, 0) is 31.9 Å². The predicted octanol–water partition coefficient (Wildman–Crippen LogP) is 4.05. The molecular weight excluding hydrogens is 368 g/mol. The van der Waals surface area contributed by atoms with Gasteiger partial charge in [-0.15, -0.1) is 11.3 Å². The van der Waals surface area contributed by atoms with Crippen LogP contribution in [0.1, 0.15) is 31.8 Å². The normalized spacial score (nSPS) is 13.5. The molecule has 1 heterocycles. The van der Waals surface area contributed by atoms with Crippen molar-refractivity contribution in [3.8, 4) is 0 Å². The van der Waals surface area contributed by atoms with Crippen LogP contribution in [0.2, 0.25) is 0 Å². The number of fused-ring (bicyclic) bond motifs is 2. The summed E-state index contributed by atoms with van der Waals surface area (Å²) in [5, 5.41) is 0. The highest BCUT2D eigenvalue weighted by atomic mass is 79.9. The molecule has 0 saturated heterocycles. The maximum Gasteiger partial charge on any atom is 0.196 e. The second-order valence-electron chi connectivity index (χ2n) is 3.60. The van der Waals surface area contributed by atoms with Gasteiger partial charge in [0, 0.05) is 11.1 Å². The average molecular weight is 372 g/mol. The molecule has 0 saturated carbocycles. The van der Waals surface area contributed by atoms with Gasteiger partial charge in [0.2, 0.25) is 0 Å². The summed E-state index contributed by atoms with van der Waals surface area (Å²) in [5.41, 5.74) is 1.92. The molecule has 17 heavy (non-hydrogen) atoms. The van der Waals surface area contributed by atoms with Crippen molar-refractivity contribution < 1.29 is 9.59 Å². The number of thiophene rings is 1. The van der Waals surface area contributed by atoms with Crippen molar-refractivity contribution in [2.45, 2.75) is 0 Å². The van der Waals surface area contributed by atoms with Gasteiger partial charge in [0.1, 0.15) is 0 Å². The maximum atomic E-state index is 12.3. The van der Waals surface area contributed by atoms with E-state index >= 15 is 0 Å². The fourth-order valence-electron chi connectivity index (χ4n) is 1.93. The smallest absolute Gasteiger partial charge is 0.196 e. The van der Waals surface area contributed by atoms with Crippen LogP contribution >= 0.6 is 43.2 Å². The van der Waals surface area contributed by atoms with Crippen molar-refractivity contribution in [2.24, 2.45) is 0 Å². The fraction of sp³-hybridized carbons (Fsp3) is 0. The minimum absolute atomic E-state index is 0.0935. The lowest BCUT2D eigenvalue weighted by atomic mass is 9.87. The van der Waals surface area contributed by atoms with E-state index in [4.69, 9.17) is 0 Å². The van der Waals surface area contributed by atoms with Crippen molar-refractivity contribution in [3.63, 3.8) is 0 Å². The molecule has 0 spiro atoms. The highest BCUT2D eigenvalue weighted by molar-refractivity contribution is 9.12. The predicted molar refractivity (Wildman–Crippen MR) is 73.0 cm³/mol. The zero-order valence-electron chi connectivity index (χ0n) is 8.29. The van der Waals surface area contributed by atoms with E-state index in [1.807, 2.05) is 0 Å². The van der Waals surface area contributed by atoms with Crippen LogP contribution in [0.4, 0.5) is 0 Å². The third-order valence-electron chi connectivity index (χ3n) is 2.69. The Balaban J connectivity index is 2.39. The molecule has 0 N–H and O–H groups in total. The van der Waals surface area contributed by atoms with E-state index in [9.17, 15) is 9.59 Å². The summed E-state index contributed by atoms with van der Waals surface area (Å²) in [6.45, 7) is 0. The summed E-state index contributed by atoms with van der Waals surface area (Å²) in [7, 11) is 0. The van der Waals surface area contributed by atoms with E-state index in [0.29, 0.717) is 29.8 Å². The molecule has 0 amide bonds. The number of halogens is 2. The SMILES string of the molecule is O=C1c2ccccc2C(=O)c2c(Br)sc(Br)c21. The lowest BCUT2D eigenvalue weighted by Gasteiger charge is -2.14. The Kier molecular flexibility index (Phi) is 2.57. The molecule has 0 fully saturated rings. The van der Waals surface area contributed by atoms with Crippen molar-refractivity contribution >= 4 is 54.8 Å². The van der Waals surface area contributed by atoms with Crippen LogP contribution < -0.4 is 0 Å². The van der Waals surface area contributed by atoms with E-state index in [0.717, 1.165) is 0 Å². The Morgan fingerprint density at radius 1 is 0.824 bits per heavy atom. The molecule has 0 unspecified atom stereocenters. The average Bonchev–Trinajstić information content (AvgIpc) is 2.62. The zero-order chi connectivity index (χ0) is 12.2. The van der Waals surface area contributed by atoms with Crippen molar-refractivity contribution in [1.82, 2.24) is 0 Å². The molecule has 1 aliphatic rings. The molecule has 0 bridgehead atoms. The minimum atomic E-state index is -0.0935. The number of ketones is 2. The van der Waals surface area contributed by atoms with Crippen LogP contribution in [0, 0.1) is 0 Å². The molecule has 0 aliphatic heterocycles. The minimum Gasteiger partial charge on any atom is -0.288 e. The maximum absolute atomic E-state index is 12.3. The number of hydrogen-bond acceptors (Lipinski definition) is 3. The fourth-order valence-corrected chi connectivity index (χ4v) is 5.06. The number of rotatable bonds is 0. The van der Waals surface area contributed by atoms with Crippen molar-refractivity contribution in [2.75, 3.05) is 0 Å². The van der Waals surface area contributed by atoms with E-state index < -0.39 is 0 Å². The highest BCUT2D eigenvalue weighted by Crippen LogP contribution is 2.42. The quantitative estimate of drug-likeness (QED) is 0.597. The lowest BCUT2D eigenvalue weighted by Crippen LogP contribution is -2.19. The van der Waals surface area contributed by atoms with Crippen LogP contribution in [0.5, 0.6) is 0 Å². The lowest BCUT2D eigenvalue weighted by molar-refractivity contribution is 0.0979. The summed E-state index contributed by atoms with van der Waals surface area (Å²) < 4.78 is 1.40. The molecule has 3 rings (SSSR count). The van der Waals surface area contributed by atoms with Crippen LogP contribution in [0.3, 0.4) is 0 Å². The standard InChI is InChI=1S/C12H4Br2O2S/c13-11-7-8(12(14)17-11)10(16)6-4-2-1-3-5(6)9(7)15/h1-4H. The molecule has 1 aromatic carbocycles. The Morgan fingerprint density at radius 2 is 1.24 bits per heavy atom. The van der Waals surface area contributed by atoms with Crippen LogP contribution in [-0.2, 0) is 0 Å². The Labute approximate surface area is 118 Å². The van der Waals surface area contributed by atoms with Crippen LogP contribution in [-0.4, -0.2) is 11.6 Å². The topological polar surface area (TPSA) is 34.1 Å². The first-order chi connectivity index (χ1) is 8.11. The first-order valence-corrected chi connectivity index (χ1v) is 7.17. The molecule has 0 atom stereocenters. The van der Waals surface area contributed by atoms with Gasteiger partial charge in [0.05, 0.1) is 18.7 Å². The zero-order valence-corrected chi connectivity index (χ0v) is 12.3. The Bertz CT molecular complexity index is 618. The van der Waals surface area contributed by atoms with Crippen LogP contribution in [0.25, 0.3) is 0 Å². The molecule has 0 radical (unpaired) electrons. The van der Waals surface area contributed by atoms with E-state index in [2.05, 4.69) is 31.9 Å². The van der Waals surface area contributed by atoms with E-state index in [-0.39, 0.29) is 11.6 Å². The molecule has 2 aromatic rings. The second kappa shape index (κ2) is 3.86. The monoisotopic (exact) mass is 370 g/mol. The molecule has 84 valence electrons. The number of hydrogen-bond donors (Lipinski definition) is 0. The van der Waals surface area contributed by atoms with Gasteiger partial charge < -0.3 is 0 Å². The second-order valence-corrected chi connectivity index (χ2v) is 7.26. The van der Waals surface area contributed by atoms with Gasteiger partial charge in [-0.25, -0.2) is 0 Å². The summed E-state index contributed by atoms with van der Waals surface area (Å²) in [6.07, 6.45) is 0. The third kappa shape index (κ3) is 1.49. The molecule has 1 aromatic heterocycles. The summed E-state index contributed by atoms with van der Waals surface area (Å²) in [5.74, 6) is -0.187. The first kappa shape index (κ1) is 11.3. The van der Waals surface area contributed by atoms with Gasteiger partial charge in [-0.3, -0.25) is 9.59 Å². The van der Waals surface area contributed by atoms with Gasteiger partial charge in [0.25, 0.3) is 0 Å². The summed E-state index contributed by atoms with van der Waals surface area (Å²) in [6, 6.07) is 6.92. The van der Waals surface area contributed by atoms with Crippen LogP contribution in [0.15, 0.2) is 31.8 Å². The van der Waals surface area contributed by atoms with Crippen molar-refractivity contribution in [1.29, 1.82) is 0 Å². The van der Waals surface area contributed by atoms with Crippen molar-refractivity contribution in [3.05, 3.63) is 54.1 Å². The van der Waals surface area contributed by atoms with E-state index in [1.165, 1.54) is 11.3 Å². The molecular formula is C12H4Br2O2S. The Morgan fingerprint density at radius 3 is 1.65 bits per heavy atom. The highest BCUT2D eigenvalue weighted by Gasteiger charge is 2.34. The van der Waals surface area contributed by atoms with Gasteiger partial charge >= 0.3 is 0 Å². The van der Waals surface area contributed by atoms with Gasteiger partial charge in [0.15, 0.2) is 11.6 Å². The molecule has 2 nitrogen and oxygen atoms in total. The third-order valence-corrected chi connectivity index (χ3v) is 5.22. The summed E-state index contributed by atoms with van der Waals surface area (Å²) in [4.78, 5) is 24.6. The molecule has 1 aliphatic carbocycles. The number of carbonyl (C=O) groups is 2. The number of benzene rings is 1. The van der Waals surface area contributed by atoms with E-state index in [1.54, 1.807) is 24.3 Å². The largest absolute Gasteiger partial charge is 0.288 e. The summed E-state index contributed by atoms with van der Waals surface area (Å²) >= 11 is 8.03. The van der Waals surface area contributed by atoms with Gasteiger partial charge in [-0.2, -0.15) is 0 Å². The first-order valence-electron chi connectivity index (χ1n) is 4.77. The molecule has 5 heteroatoms.